The minimum absolute atomic E-state index is 0.496. The van der Waals surface area contributed by atoms with Crippen LogP contribution in [0.1, 0.15) is 17.2 Å². The highest BCUT2D eigenvalue weighted by Crippen LogP contribution is 2.18. The van der Waals surface area contributed by atoms with Gasteiger partial charge in [0, 0.05) is 155 Å². The highest BCUT2D eigenvalue weighted by atomic mass is 15.0. The van der Waals surface area contributed by atoms with Crippen molar-refractivity contribution in [1.29, 1.82) is 0 Å². The van der Waals surface area contributed by atoms with Crippen molar-refractivity contribution in [2.45, 2.75) is 20.8 Å². The molecule has 0 unspecified atom stereocenters. The Morgan fingerprint density at radius 2 is 1.08 bits per heavy atom. The van der Waals surface area contributed by atoms with E-state index >= 15 is 0 Å². The molecule has 141 valence electrons. The van der Waals surface area contributed by atoms with Crippen LogP contribution in [-0.4, -0.2) is 171 Å². The number of benzene rings is 1. The molecule has 1 aromatic carbocycles. The van der Waals surface area contributed by atoms with Crippen LogP contribution in [0.5, 0.6) is 0 Å². The van der Waals surface area contributed by atoms with Crippen LogP contribution in [0.2, 0.25) is 0 Å². The first-order chi connectivity index (χ1) is 17.2. The van der Waals surface area contributed by atoms with E-state index in [1.165, 1.54) is 7.06 Å². The lowest BCUT2D eigenvalue weighted by Gasteiger charge is -2.45. The highest BCUT2D eigenvalue weighted by Gasteiger charge is 2.49. The van der Waals surface area contributed by atoms with Crippen LogP contribution in [0.15, 0.2) is 18.2 Å². The van der Waals surface area contributed by atoms with E-state index in [0.717, 1.165) is 16.6 Å². The number of aromatic nitrogens is 3. The third kappa shape index (κ3) is 8.33. The van der Waals surface area contributed by atoms with Gasteiger partial charge in [0.15, 0.2) is 5.82 Å². The van der Waals surface area contributed by atoms with Gasteiger partial charge in [-0.25, -0.2) is 15.0 Å². The maximum atomic E-state index is 6.27. The molecule has 0 fully saturated rings. The smallest absolute Gasteiger partial charge is 0.163 e. The monoisotopic (exact) mass is 440 g/mol. The molecule has 25 heteroatoms. The predicted molar refractivity (Wildman–Crippen MR) is 186 cm³/mol. The molecule has 2 aromatic rings. The van der Waals surface area contributed by atoms with Gasteiger partial charge in [0.2, 0.25) is 0 Å². The number of rotatable bonds is 12. The van der Waals surface area contributed by atoms with E-state index in [0.29, 0.717) is 17.5 Å². The second-order valence-electron chi connectivity index (χ2n) is 9.80. The summed E-state index contributed by atoms with van der Waals surface area (Å²) in [4.78, 5) is 13.3. The molecular formula is C12H12B22N3. The molecule has 0 saturated carbocycles. The Hall–Kier alpha value is -0.341. The van der Waals surface area contributed by atoms with Gasteiger partial charge in [-0.2, -0.15) is 0 Å². The molecular weight excluding hydrogens is 424 g/mol. The number of hydrogen-bond donors (Lipinski definition) is 0. The molecule has 0 aliphatic carbocycles. The van der Waals surface area contributed by atoms with Crippen LogP contribution in [0.3, 0.4) is 0 Å². The normalized spacial score (nSPS) is 10.1. The first kappa shape index (κ1) is 32.9. The minimum atomic E-state index is -0.963. The molecule has 0 atom stereocenters. The maximum Gasteiger partial charge on any atom is 0.163 e. The van der Waals surface area contributed by atoms with Crippen LogP contribution >= 0.6 is 0 Å². The molecule has 0 bridgehead atoms. The molecule has 23 radical (unpaired) electrons. The summed E-state index contributed by atoms with van der Waals surface area (Å²) in [6.45, 7) is 4.91. The summed E-state index contributed by atoms with van der Waals surface area (Å²) in [5.74, 6) is 1.66. The average molecular weight is 436 g/mol. The van der Waals surface area contributed by atoms with Gasteiger partial charge >= 0.3 is 0 Å². The molecule has 2 rings (SSSR count). The summed E-state index contributed by atoms with van der Waals surface area (Å²) in [5, 5.41) is 0. The standard InChI is InChI=1S/C12H12B22N3/c1-7-4-10(12-36-8(2)35-9(3)37-12)6-11(5-7)25(32(27(16)17)28(18)19)33(31(24-13)26(14)15)34(29(20)21)30(22)23/h4-6H,1-3H3. The van der Waals surface area contributed by atoms with Gasteiger partial charge in [-0.05, 0) is 26.8 Å². The van der Waals surface area contributed by atoms with E-state index in [4.69, 9.17) is 85.1 Å². The number of nitrogens with zero attached hydrogens (tertiary/aromatic N) is 3. The van der Waals surface area contributed by atoms with Crippen molar-refractivity contribution >= 4 is 162 Å². The number of aryl methyl sites for hydroxylation is 3. The van der Waals surface area contributed by atoms with E-state index in [1.54, 1.807) is 13.8 Å². The van der Waals surface area contributed by atoms with Gasteiger partial charge in [-0.3, -0.25) is 0 Å². The van der Waals surface area contributed by atoms with E-state index in [2.05, 4.69) is 15.0 Å². The Labute approximate surface area is 243 Å². The Morgan fingerprint density at radius 1 is 0.595 bits per heavy atom. The Morgan fingerprint density at radius 3 is 1.49 bits per heavy atom. The van der Waals surface area contributed by atoms with E-state index < -0.39 is 64.0 Å². The fourth-order valence-electron chi connectivity index (χ4n) is 5.33. The van der Waals surface area contributed by atoms with Crippen molar-refractivity contribution in [1.82, 2.24) is 15.0 Å². The third-order valence-electron chi connectivity index (χ3n) is 6.76. The van der Waals surface area contributed by atoms with E-state index in [9.17, 15) is 0 Å². The van der Waals surface area contributed by atoms with Crippen molar-refractivity contribution in [2.24, 2.45) is 0 Å². The Bertz CT molecular complexity index is 984. The molecule has 0 aliphatic heterocycles. The fraction of sp³-hybridized carbons (Fsp3) is 0.250. The molecule has 1 aromatic heterocycles. The largest absolute Gasteiger partial charge is 0.219 e. The third-order valence-corrected chi connectivity index (χ3v) is 6.76. The molecule has 0 spiro atoms. The van der Waals surface area contributed by atoms with Gasteiger partial charge in [0.05, 0.1) is 6.49 Å². The summed E-state index contributed by atoms with van der Waals surface area (Å²) in [7, 11) is 69.7. The summed E-state index contributed by atoms with van der Waals surface area (Å²) in [6, 6.07) is 5.82. The first-order valence-electron chi connectivity index (χ1n) is 12.1. The Balaban J connectivity index is 2.93. The van der Waals surface area contributed by atoms with Crippen molar-refractivity contribution in [2.75, 3.05) is 0 Å². The first-order valence-corrected chi connectivity index (χ1v) is 12.1. The van der Waals surface area contributed by atoms with Gasteiger partial charge in [0.25, 0.3) is 0 Å². The van der Waals surface area contributed by atoms with E-state index in [1.807, 2.05) is 25.1 Å². The lowest BCUT2D eigenvalue weighted by atomic mass is 8.39. The minimum Gasteiger partial charge on any atom is -0.219 e. The zero-order valence-electron chi connectivity index (χ0n) is 21.8. The molecule has 0 N–H and O–H groups in total. The van der Waals surface area contributed by atoms with Gasteiger partial charge in [-0.1, -0.05) is 23.2 Å². The molecule has 3 nitrogen and oxygen atoms in total. The SMILES string of the molecule is [B][B]B(B([B])[B])B(B(B([B])[B])B([B])[B])B(B(B([B])[B])B([B])[B])c1cc(C)cc(-c2nc(C)nc(C)n2)c1. The lowest BCUT2D eigenvalue weighted by molar-refractivity contribution is 0.928. The maximum absolute atomic E-state index is 6.27. The van der Waals surface area contributed by atoms with Crippen molar-refractivity contribution in [3.05, 3.63) is 35.4 Å². The van der Waals surface area contributed by atoms with Crippen LogP contribution < -0.4 is 5.46 Å². The average Bonchev–Trinajstić information content (AvgIpc) is 2.74. The van der Waals surface area contributed by atoms with Crippen molar-refractivity contribution in [3.8, 4) is 11.4 Å². The van der Waals surface area contributed by atoms with Crippen LogP contribution in [0.25, 0.3) is 11.4 Å². The highest BCUT2D eigenvalue weighted by molar-refractivity contribution is 8.18. The molecule has 37 heavy (non-hydrogen) atoms. The van der Waals surface area contributed by atoms with Gasteiger partial charge in [-0.15, -0.1) is 0 Å². The molecule has 1 heterocycles. The summed E-state index contributed by atoms with van der Waals surface area (Å²) >= 11 is 0. The fourth-order valence-corrected chi connectivity index (χ4v) is 5.33. The number of hydrogen-bond acceptors (Lipinski definition) is 3. The van der Waals surface area contributed by atoms with Crippen molar-refractivity contribution < 1.29 is 0 Å². The predicted octanol–water partition coefficient (Wildman–Crippen LogP) is -6.74. The van der Waals surface area contributed by atoms with Gasteiger partial charge < -0.3 is 0 Å². The quantitative estimate of drug-likeness (QED) is 0.311. The second-order valence-corrected chi connectivity index (χ2v) is 9.80. The second kappa shape index (κ2) is 14.3. The summed E-state index contributed by atoms with van der Waals surface area (Å²) in [6.07, 6.45) is -7.48. The topological polar surface area (TPSA) is 38.7 Å². The molecule has 0 saturated heterocycles. The van der Waals surface area contributed by atoms with Crippen LogP contribution in [0.4, 0.5) is 0 Å². The van der Waals surface area contributed by atoms with Gasteiger partial charge in [0.1, 0.15) is 11.6 Å². The molecule has 0 aliphatic rings. The van der Waals surface area contributed by atoms with Crippen LogP contribution in [-0.2, 0) is 0 Å². The van der Waals surface area contributed by atoms with Crippen LogP contribution in [0, 0.1) is 20.8 Å². The zero-order chi connectivity index (χ0) is 28.2. The zero-order valence-corrected chi connectivity index (χ0v) is 21.8. The van der Waals surface area contributed by atoms with Crippen molar-refractivity contribution in [3.63, 3.8) is 0 Å². The Kier molecular flexibility index (Phi) is 12.7. The molecule has 0 amide bonds. The lowest BCUT2D eigenvalue weighted by Crippen LogP contribution is -2.84. The summed E-state index contributed by atoms with van der Waals surface area (Å²) < 4.78 is 0. The summed E-state index contributed by atoms with van der Waals surface area (Å²) in [5.41, 5.74) is 2.39. The van der Waals surface area contributed by atoms with E-state index in [-0.39, 0.29) is 0 Å².